The van der Waals surface area contributed by atoms with Crippen molar-refractivity contribution >= 4 is 17.9 Å². The zero-order chi connectivity index (χ0) is 14.0. The molecule has 0 aromatic heterocycles. The lowest BCUT2D eigenvalue weighted by Gasteiger charge is -2.31. The van der Waals surface area contributed by atoms with E-state index in [2.05, 4.69) is 10.6 Å². The normalized spacial score (nSPS) is 30.9. The Morgan fingerprint density at radius 1 is 1.58 bits per heavy atom. The smallest absolute Gasteiger partial charge is 0.318 e. The van der Waals surface area contributed by atoms with Crippen LogP contribution in [0.2, 0.25) is 0 Å². The Kier molecular flexibility index (Phi) is 3.61. The van der Waals surface area contributed by atoms with E-state index in [-0.39, 0.29) is 25.7 Å². The van der Waals surface area contributed by atoms with Gasteiger partial charge in [0, 0.05) is 13.1 Å². The Hall–Kier alpha value is -1.83. The summed E-state index contributed by atoms with van der Waals surface area (Å²) in [5, 5.41) is 14.5. The van der Waals surface area contributed by atoms with Crippen LogP contribution in [0.5, 0.6) is 0 Å². The molecule has 2 fully saturated rings. The van der Waals surface area contributed by atoms with Crippen LogP contribution in [0, 0.1) is 5.41 Å². The molecule has 0 radical (unpaired) electrons. The third kappa shape index (κ3) is 2.62. The molecule has 8 heteroatoms. The molecule has 8 nitrogen and oxygen atoms in total. The molecule has 3 N–H and O–H groups in total. The fourth-order valence-corrected chi connectivity index (χ4v) is 2.14. The first-order valence-corrected chi connectivity index (χ1v) is 6.07. The number of ether oxygens (including phenoxy) is 1. The first kappa shape index (κ1) is 13.6. The van der Waals surface area contributed by atoms with Gasteiger partial charge in [-0.3, -0.25) is 9.59 Å². The van der Waals surface area contributed by atoms with E-state index in [0.29, 0.717) is 13.1 Å². The number of carboxylic acids is 1. The number of carboxylic acid groups (broad SMARTS) is 1. The van der Waals surface area contributed by atoms with Crippen LogP contribution in [-0.2, 0) is 14.3 Å². The fourth-order valence-electron chi connectivity index (χ4n) is 2.14. The molecule has 2 unspecified atom stereocenters. The molecule has 2 saturated heterocycles. The van der Waals surface area contributed by atoms with Crippen molar-refractivity contribution in [2.45, 2.75) is 13.0 Å². The number of nitrogens with one attached hydrogen (secondary N) is 2. The molecule has 0 spiro atoms. The number of carbonyl (C=O) groups is 3. The second kappa shape index (κ2) is 5.04. The van der Waals surface area contributed by atoms with Gasteiger partial charge in [-0.15, -0.1) is 0 Å². The van der Waals surface area contributed by atoms with Crippen LogP contribution in [-0.4, -0.2) is 66.8 Å². The fraction of sp³-hybridized carbons (Fsp3) is 0.727. The van der Waals surface area contributed by atoms with Crippen LogP contribution >= 0.6 is 0 Å². The molecule has 0 aromatic rings. The number of piperazine rings is 1. The summed E-state index contributed by atoms with van der Waals surface area (Å²) in [4.78, 5) is 35.8. The van der Waals surface area contributed by atoms with E-state index >= 15 is 0 Å². The molecular formula is C11H17N3O5. The Morgan fingerprint density at radius 3 is 2.95 bits per heavy atom. The molecule has 0 saturated carbocycles. The largest absolute Gasteiger partial charge is 0.481 e. The summed E-state index contributed by atoms with van der Waals surface area (Å²) in [6.45, 7) is 2.57. The molecule has 19 heavy (non-hydrogen) atoms. The van der Waals surface area contributed by atoms with Gasteiger partial charge in [0.25, 0.3) is 0 Å². The lowest BCUT2D eigenvalue weighted by molar-refractivity contribution is -0.148. The van der Waals surface area contributed by atoms with Gasteiger partial charge < -0.3 is 25.4 Å². The predicted molar refractivity (Wildman–Crippen MR) is 63.5 cm³/mol. The summed E-state index contributed by atoms with van der Waals surface area (Å²) in [6.07, 6.45) is 0. The van der Waals surface area contributed by atoms with Gasteiger partial charge in [-0.1, -0.05) is 0 Å². The summed E-state index contributed by atoms with van der Waals surface area (Å²) >= 11 is 0. The highest BCUT2D eigenvalue weighted by Crippen LogP contribution is 2.28. The maximum atomic E-state index is 12.0. The van der Waals surface area contributed by atoms with E-state index in [4.69, 9.17) is 4.74 Å². The van der Waals surface area contributed by atoms with E-state index in [1.165, 1.54) is 11.8 Å². The molecule has 2 aliphatic heterocycles. The molecule has 0 bridgehead atoms. The maximum absolute atomic E-state index is 12.0. The number of carbonyl (C=O) groups excluding carboxylic acids is 2. The van der Waals surface area contributed by atoms with Gasteiger partial charge in [0.15, 0.2) is 0 Å². The number of urea groups is 1. The SMILES string of the molecule is CC1(C(=O)O)COCC1NC(=O)N1CCNC(=O)C1. The molecule has 2 heterocycles. The average molecular weight is 271 g/mol. The Balaban J connectivity index is 1.98. The highest BCUT2D eigenvalue weighted by atomic mass is 16.5. The van der Waals surface area contributed by atoms with Crippen LogP contribution in [0.1, 0.15) is 6.92 Å². The van der Waals surface area contributed by atoms with E-state index in [9.17, 15) is 19.5 Å². The summed E-state index contributed by atoms with van der Waals surface area (Å²) in [5.74, 6) is -1.23. The van der Waals surface area contributed by atoms with Gasteiger partial charge in [0.1, 0.15) is 12.0 Å². The van der Waals surface area contributed by atoms with Gasteiger partial charge in [-0.25, -0.2) is 4.79 Å². The van der Waals surface area contributed by atoms with Crippen molar-refractivity contribution in [2.75, 3.05) is 32.8 Å². The topological polar surface area (TPSA) is 108 Å². The third-order valence-electron chi connectivity index (χ3n) is 3.57. The predicted octanol–water partition coefficient (Wildman–Crippen LogP) is -1.38. The van der Waals surface area contributed by atoms with Crippen molar-refractivity contribution in [1.82, 2.24) is 15.5 Å². The summed E-state index contributed by atoms with van der Waals surface area (Å²) in [5.41, 5.74) is -1.13. The molecule has 106 valence electrons. The summed E-state index contributed by atoms with van der Waals surface area (Å²) in [7, 11) is 0. The third-order valence-corrected chi connectivity index (χ3v) is 3.57. The standard InChI is InChI=1S/C11H17N3O5/c1-11(9(16)17)6-19-5-7(11)13-10(18)14-3-2-12-8(15)4-14/h7H,2-6H2,1H3,(H,12,15)(H,13,18)(H,16,17). The monoisotopic (exact) mass is 271 g/mol. The minimum absolute atomic E-state index is 0.0107. The van der Waals surface area contributed by atoms with Crippen LogP contribution in [0.3, 0.4) is 0 Å². The van der Waals surface area contributed by atoms with Crippen molar-refractivity contribution in [1.29, 1.82) is 0 Å². The number of hydrogen-bond donors (Lipinski definition) is 3. The van der Waals surface area contributed by atoms with Crippen LogP contribution in [0.15, 0.2) is 0 Å². The zero-order valence-corrected chi connectivity index (χ0v) is 10.6. The molecule has 2 atom stereocenters. The highest BCUT2D eigenvalue weighted by Gasteiger charge is 2.47. The van der Waals surface area contributed by atoms with Crippen molar-refractivity contribution < 1.29 is 24.2 Å². The Morgan fingerprint density at radius 2 is 2.32 bits per heavy atom. The van der Waals surface area contributed by atoms with Gasteiger partial charge in [-0.05, 0) is 6.92 Å². The first-order chi connectivity index (χ1) is 8.93. The lowest BCUT2D eigenvalue weighted by atomic mass is 9.85. The van der Waals surface area contributed by atoms with Crippen molar-refractivity contribution in [3.63, 3.8) is 0 Å². The second-order valence-electron chi connectivity index (χ2n) is 5.01. The molecule has 0 aliphatic carbocycles. The first-order valence-electron chi connectivity index (χ1n) is 6.07. The summed E-state index contributed by atoms with van der Waals surface area (Å²) in [6, 6.07) is -1.03. The van der Waals surface area contributed by atoms with E-state index < -0.39 is 23.5 Å². The van der Waals surface area contributed by atoms with Crippen LogP contribution in [0.25, 0.3) is 0 Å². The molecule has 3 amide bonds. The second-order valence-corrected chi connectivity index (χ2v) is 5.01. The number of hydrogen-bond acceptors (Lipinski definition) is 4. The zero-order valence-electron chi connectivity index (χ0n) is 10.6. The van der Waals surface area contributed by atoms with E-state index in [1.54, 1.807) is 0 Å². The van der Waals surface area contributed by atoms with Crippen LogP contribution < -0.4 is 10.6 Å². The minimum atomic E-state index is -1.13. The maximum Gasteiger partial charge on any atom is 0.318 e. The number of amides is 3. The van der Waals surface area contributed by atoms with Gasteiger partial charge in [0.05, 0.1) is 19.3 Å². The Labute approximate surface area is 110 Å². The van der Waals surface area contributed by atoms with Gasteiger partial charge >= 0.3 is 12.0 Å². The number of nitrogens with zero attached hydrogens (tertiary/aromatic N) is 1. The summed E-state index contributed by atoms with van der Waals surface area (Å²) < 4.78 is 5.15. The number of aliphatic carboxylic acids is 1. The van der Waals surface area contributed by atoms with Crippen molar-refractivity contribution in [2.24, 2.45) is 5.41 Å². The molecular weight excluding hydrogens is 254 g/mol. The van der Waals surface area contributed by atoms with Crippen LogP contribution in [0.4, 0.5) is 4.79 Å². The molecule has 2 rings (SSSR count). The Bertz CT molecular complexity index is 413. The van der Waals surface area contributed by atoms with E-state index in [1.807, 2.05) is 0 Å². The minimum Gasteiger partial charge on any atom is -0.481 e. The van der Waals surface area contributed by atoms with Gasteiger partial charge in [-0.2, -0.15) is 0 Å². The highest BCUT2D eigenvalue weighted by molar-refractivity contribution is 5.86. The quantitative estimate of drug-likeness (QED) is 0.573. The van der Waals surface area contributed by atoms with E-state index in [0.717, 1.165) is 0 Å². The molecule has 2 aliphatic rings. The van der Waals surface area contributed by atoms with Gasteiger partial charge in [0.2, 0.25) is 5.91 Å². The van der Waals surface area contributed by atoms with Crippen molar-refractivity contribution in [3.05, 3.63) is 0 Å². The lowest BCUT2D eigenvalue weighted by Crippen LogP contribution is -2.57. The number of rotatable bonds is 2. The average Bonchev–Trinajstić information content (AvgIpc) is 2.72. The molecule has 0 aromatic carbocycles. The van der Waals surface area contributed by atoms with Crippen molar-refractivity contribution in [3.8, 4) is 0 Å².